The Morgan fingerprint density at radius 3 is 2.32 bits per heavy atom. The molecule has 0 fully saturated rings. The minimum atomic E-state index is -0.910. The fourth-order valence-electron chi connectivity index (χ4n) is 3.76. The van der Waals surface area contributed by atoms with Crippen LogP contribution in [-0.2, 0) is 16.2 Å². The summed E-state index contributed by atoms with van der Waals surface area (Å²) in [5, 5.41) is 8.85. The molecule has 0 atom stereocenters. The zero-order valence-corrected chi connectivity index (χ0v) is 20.8. The molecule has 0 spiro atoms. The number of nitrogens with one attached hydrogen (secondary N) is 2. The quantitative estimate of drug-likeness (QED) is 0.205. The van der Waals surface area contributed by atoms with E-state index in [1.807, 2.05) is 24.3 Å². The Bertz CT molecular complexity index is 1460. The second-order valence-electron chi connectivity index (χ2n) is 8.09. The highest BCUT2D eigenvalue weighted by Crippen LogP contribution is 2.30. The summed E-state index contributed by atoms with van der Waals surface area (Å²) in [6.45, 7) is 2.09. The van der Waals surface area contributed by atoms with Gasteiger partial charge in [-0.05, 0) is 53.6 Å². The molecule has 37 heavy (non-hydrogen) atoms. The molecule has 0 saturated heterocycles. The van der Waals surface area contributed by atoms with Crippen molar-refractivity contribution in [2.75, 3.05) is 19.5 Å². The van der Waals surface area contributed by atoms with Crippen LogP contribution in [0.4, 0.5) is 5.69 Å². The number of benzene rings is 4. The Kier molecular flexibility index (Phi) is 8.00. The monoisotopic (exact) mass is 497 g/mol. The van der Waals surface area contributed by atoms with Crippen LogP contribution in [0.25, 0.3) is 10.8 Å². The van der Waals surface area contributed by atoms with Crippen molar-refractivity contribution in [1.82, 2.24) is 5.43 Å². The summed E-state index contributed by atoms with van der Waals surface area (Å²) in [5.74, 6) is -0.235. The molecular weight excluding hydrogens is 470 g/mol. The molecule has 8 nitrogen and oxygen atoms in total. The highest BCUT2D eigenvalue weighted by Gasteiger charge is 2.16. The van der Waals surface area contributed by atoms with Crippen LogP contribution in [0.2, 0.25) is 0 Å². The number of hydrazone groups is 1. The first-order valence-corrected chi connectivity index (χ1v) is 11.6. The van der Waals surface area contributed by atoms with Crippen molar-refractivity contribution in [2.24, 2.45) is 5.10 Å². The molecule has 0 unspecified atom stereocenters. The number of ether oxygens (including phenoxy) is 3. The lowest BCUT2D eigenvalue weighted by Gasteiger charge is -2.13. The zero-order valence-electron chi connectivity index (χ0n) is 20.8. The first-order valence-electron chi connectivity index (χ1n) is 11.6. The molecular formula is C29H27N3O5. The standard InChI is InChI=1S/C29H27N3O5/c1-19(31-32-29(34)28(33)30-24-13-6-7-14-25(24)35-2)21-15-16-26(27(17-21)36-3)37-18-22-11-8-10-20-9-4-5-12-23(20)22/h4-17H,18H2,1-3H3,(H,30,33)(H,32,34)/b31-19+. The predicted octanol–water partition coefficient (Wildman–Crippen LogP) is 4.91. The van der Waals surface area contributed by atoms with Crippen molar-refractivity contribution < 1.29 is 23.8 Å². The van der Waals surface area contributed by atoms with Crippen molar-refractivity contribution in [3.63, 3.8) is 0 Å². The average Bonchev–Trinajstić information content (AvgIpc) is 2.94. The topological polar surface area (TPSA) is 98.2 Å². The molecule has 2 N–H and O–H groups in total. The summed E-state index contributed by atoms with van der Waals surface area (Å²) >= 11 is 0. The zero-order chi connectivity index (χ0) is 26.2. The third kappa shape index (κ3) is 6.05. The molecule has 0 aliphatic heterocycles. The van der Waals surface area contributed by atoms with Crippen LogP contribution in [0.3, 0.4) is 0 Å². The number of carbonyl (C=O) groups excluding carboxylic acids is 2. The molecule has 0 bridgehead atoms. The van der Waals surface area contributed by atoms with Gasteiger partial charge in [-0.15, -0.1) is 0 Å². The Labute approximate surface area is 214 Å². The molecule has 0 aromatic heterocycles. The van der Waals surface area contributed by atoms with Crippen LogP contribution in [0.5, 0.6) is 17.2 Å². The smallest absolute Gasteiger partial charge is 0.329 e. The van der Waals surface area contributed by atoms with Gasteiger partial charge in [0.05, 0.1) is 25.6 Å². The number of para-hydroxylation sites is 2. The van der Waals surface area contributed by atoms with E-state index in [0.717, 1.165) is 16.3 Å². The number of nitrogens with zero attached hydrogens (tertiary/aromatic N) is 1. The second-order valence-corrected chi connectivity index (χ2v) is 8.09. The third-order valence-corrected chi connectivity index (χ3v) is 5.73. The van der Waals surface area contributed by atoms with Crippen molar-refractivity contribution in [1.29, 1.82) is 0 Å². The summed E-state index contributed by atoms with van der Waals surface area (Å²) in [6, 6.07) is 26.4. The largest absolute Gasteiger partial charge is 0.495 e. The third-order valence-electron chi connectivity index (χ3n) is 5.73. The first-order chi connectivity index (χ1) is 18.0. The van der Waals surface area contributed by atoms with Crippen molar-refractivity contribution in [3.05, 3.63) is 96.1 Å². The molecule has 0 aliphatic carbocycles. The van der Waals surface area contributed by atoms with Gasteiger partial charge in [0.25, 0.3) is 0 Å². The lowest BCUT2D eigenvalue weighted by atomic mass is 10.1. The van der Waals surface area contributed by atoms with E-state index >= 15 is 0 Å². The molecule has 4 rings (SSSR count). The Hall–Kier alpha value is -4.85. The number of hydrogen-bond acceptors (Lipinski definition) is 6. The van der Waals surface area contributed by atoms with Gasteiger partial charge in [0, 0.05) is 5.56 Å². The van der Waals surface area contributed by atoms with Gasteiger partial charge in [-0.25, -0.2) is 5.43 Å². The van der Waals surface area contributed by atoms with Gasteiger partial charge in [0.2, 0.25) is 0 Å². The van der Waals surface area contributed by atoms with Gasteiger partial charge in [-0.3, -0.25) is 9.59 Å². The highest BCUT2D eigenvalue weighted by atomic mass is 16.5. The number of methoxy groups -OCH3 is 2. The number of rotatable bonds is 8. The van der Waals surface area contributed by atoms with Gasteiger partial charge in [0.15, 0.2) is 11.5 Å². The minimum absolute atomic E-state index is 0.376. The van der Waals surface area contributed by atoms with Crippen LogP contribution in [0.15, 0.2) is 90.0 Å². The lowest BCUT2D eigenvalue weighted by molar-refractivity contribution is -0.136. The van der Waals surface area contributed by atoms with Crippen molar-refractivity contribution >= 4 is 34.0 Å². The van der Waals surface area contributed by atoms with Gasteiger partial charge < -0.3 is 19.5 Å². The van der Waals surface area contributed by atoms with E-state index in [2.05, 4.69) is 34.0 Å². The Balaban J connectivity index is 1.41. The first kappa shape index (κ1) is 25.2. The van der Waals surface area contributed by atoms with Crippen molar-refractivity contribution in [2.45, 2.75) is 13.5 Å². The fourth-order valence-corrected chi connectivity index (χ4v) is 3.76. The summed E-state index contributed by atoms with van der Waals surface area (Å²) in [4.78, 5) is 24.5. The molecule has 0 radical (unpaired) electrons. The van der Waals surface area contributed by atoms with E-state index in [4.69, 9.17) is 14.2 Å². The van der Waals surface area contributed by atoms with Crippen LogP contribution in [-0.4, -0.2) is 31.7 Å². The normalized spacial score (nSPS) is 11.1. The average molecular weight is 498 g/mol. The maximum atomic E-state index is 12.3. The molecule has 8 heteroatoms. The fraction of sp³-hybridized carbons (Fsp3) is 0.138. The second kappa shape index (κ2) is 11.7. The minimum Gasteiger partial charge on any atom is -0.495 e. The molecule has 4 aromatic rings. The predicted molar refractivity (Wildman–Crippen MR) is 143 cm³/mol. The van der Waals surface area contributed by atoms with E-state index in [9.17, 15) is 9.59 Å². The SMILES string of the molecule is COc1ccccc1NC(=O)C(=O)N/N=C(\C)c1ccc(OCc2cccc3ccccc23)c(OC)c1. The molecule has 0 saturated carbocycles. The molecule has 188 valence electrons. The maximum Gasteiger partial charge on any atom is 0.329 e. The maximum absolute atomic E-state index is 12.3. The highest BCUT2D eigenvalue weighted by molar-refractivity contribution is 6.39. The van der Waals surface area contributed by atoms with E-state index in [1.165, 1.54) is 7.11 Å². The Morgan fingerprint density at radius 2 is 1.51 bits per heavy atom. The number of fused-ring (bicyclic) bond motifs is 1. The van der Waals surface area contributed by atoms with E-state index in [0.29, 0.717) is 40.8 Å². The van der Waals surface area contributed by atoms with Crippen LogP contribution in [0.1, 0.15) is 18.1 Å². The van der Waals surface area contributed by atoms with Crippen LogP contribution >= 0.6 is 0 Å². The number of carbonyl (C=O) groups is 2. The summed E-state index contributed by atoms with van der Waals surface area (Å²) in [6.07, 6.45) is 0. The van der Waals surface area contributed by atoms with Crippen molar-refractivity contribution in [3.8, 4) is 17.2 Å². The van der Waals surface area contributed by atoms with Crippen LogP contribution in [0, 0.1) is 0 Å². The van der Waals surface area contributed by atoms with Gasteiger partial charge in [-0.1, -0.05) is 54.6 Å². The van der Waals surface area contributed by atoms with Crippen LogP contribution < -0.4 is 25.0 Å². The number of hydrogen-bond donors (Lipinski definition) is 2. The molecule has 2 amide bonds. The summed E-state index contributed by atoms with van der Waals surface area (Å²) in [7, 11) is 3.03. The van der Waals surface area contributed by atoms with E-state index in [1.54, 1.807) is 56.5 Å². The van der Waals surface area contributed by atoms with E-state index in [-0.39, 0.29) is 0 Å². The number of amides is 2. The molecule has 4 aromatic carbocycles. The summed E-state index contributed by atoms with van der Waals surface area (Å²) < 4.78 is 16.8. The lowest BCUT2D eigenvalue weighted by Crippen LogP contribution is -2.33. The number of anilines is 1. The van der Waals surface area contributed by atoms with Gasteiger partial charge >= 0.3 is 11.8 Å². The molecule has 0 aliphatic rings. The Morgan fingerprint density at radius 1 is 0.784 bits per heavy atom. The van der Waals surface area contributed by atoms with Gasteiger partial charge in [0.1, 0.15) is 12.4 Å². The molecule has 0 heterocycles. The van der Waals surface area contributed by atoms with E-state index < -0.39 is 11.8 Å². The van der Waals surface area contributed by atoms with Gasteiger partial charge in [-0.2, -0.15) is 5.10 Å². The summed E-state index contributed by atoms with van der Waals surface area (Å²) in [5.41, 5.74) is 4.91.